The maximum atomic E-state index is 12.9. The molecule has 6 nitrogen and oxygen atoms in total. The van der Waals surface area contributed by atoms with Crippen molar-refractivity contribution in [2.45, 2.75) is 43.5 Å². The fraction of sp³-hybridized carbons (Fsp3) is 0.500. The number of carbonyl (C=O) groups is 1. The minimum Gasteiger partial charge on any atom is -0.356 e. The number of benzene rings is 1. The van der Waals surface area contributed by atoms with Crippen molar-refractivity contribution < 1.29 is 13.2 Å². The van der Waals surface area contributed by atoms with Crippen LogP contribution in [0.25, 0.3) is 0 Å². The van der Waals surface area contributed by atoms with Crippen LogP contribution in [-0.2, 0) is 14.8 Å². The summed E-state index contributed by atoms with van der Waals surface area (Å²) in [5.74, 6) is -0.114. The summed E-state index contributed by atoms with van der Waals surface area (Å²) in [6, 6.07) is 7.96. The Morgan fingerprint density at radius 1 is 1.43 bits per heavy atom. The number of rotatable bonds is 5. The van der Waals surface area contributed by atoms with Crippen molar-refractivity contribution in [3.8, 4) is 6.07 Å². The summed E-state index contributed by atoms with van der Waals surface area (Å²) < 4.78 is 27.3. The molecule has 1 aliphatic heterocycles. The third-order valence-corrected chi connectivity index (χ3v) is 5.94. The Hall–Kier alpha value is -1.91. The standard InChI is InChI=1S/C16H21N3O3S/c1-13(20)18-9-8-15-6-2-3-10-19(15)23(21,22)16-7-4-5-14(11-16)12-17/h4-5,7,11,15H,2-3,6,8-10H2,1H3,(H,18,20). The lowest BCUT2D eigenvalue weighted by molar-refractivity contribution is -0.119. The zero-order valence-corrected chi connectivity index (χ0v) is 14.0. The fourth-order valence-corrected chi connectivity index (χ4v) is 4.63. The molecule has 1 aromatic rings. The molecule has 1 aromatic carbocycles. The highest BCUT2D eigenvalue weighted by Crippen LogP contribution is 2.27. The molecule has 0 spiro atoms. The smallest absolute Gasteiger partial charge is 0.243 e. The van der Waals surface area contributed by atoms with E-state index in [1.807, 2.05) is 6.07 Å². The maximum absolute atomic E-state index is 12.9. The molecule has 1 heterocycles. The first-order chi connectivity index (χ1) is 10.9. The van der Waals surface area contributed by atoms with E-state index in [1.165, 1.54) is 23.4 Å². The maximum Gasteiger partial charge on any atom is 0.243 e. The van der Waals surface area contributed by atoms with E-state index in [0.717, 1.165) is 19.3 Å². The van der Waals surface area contributed by atoms with Crippen LogP contribution in [0.2, 0.25) is 0 Å². The van der Waals surface area contributed by atoms with Gasteiger partial charge in [-0.1, -0.05) is 12.5 Å². The lowest BCUT2D eigenvalue weighted by Crippen LogP contribution is -2.45. The van der Waals surface area contributed by atoms with Crippen LogP contribution in [0.4, 0.5) is 0 Å². The SMILES string of the molecule is CC(=O)NCCC1CCCCN1S(=O)(=O)c1cccc(C#N)c1. The van der Waals surface area contributed by atoms with E-state index in [-0.39, 0.29) is 16.8 Å². The summed E-state index contributed by atoms with van der Waals surface area (Å²) >= 11 is 0. The lowest BCUT2D eigenvalue weighted by atomic mass is 10.0. The molecule has 2 rings (SSSR count). The molecular formula is C16H21N3O3S. The number of nitrogens with zero attached hydrogens (tertiary/aromatic N) is 2. The van der Waals surface area contributed by atoms with Crippen molar-refractivity contribution >= 4 is 15.9 Å². The zero-order chi connectivity index (χ0) is 16.9. The molecule has 1 saturated heterocycles. The molecule has 1 amide bonds. The van der Waals surface area contributed by atoms with Gasteiger partial charge in [0, 0.05) is 26.1 Å². The van der Waals surface area contributed by atoms with Gasteiger partial charge >= 0.3 is 0 Å². The summed E-state index contributed by atoms with van der Waals surface area (Å²) in [5.41, 5.74) is 0.331. The third kappa shape index (κ3) is 4.30. The minimum atomic E-state index is -3.62. The molecule has 7 heteroatoms. The number of sulfonamides is 1. The van der Waals surface area contributed by atoms with E-state index in [9.17, 15) is 13.2 Å². The Kier molecular flexibility index (Phi) is 5.74. The fourth-order valence-electron chi connectivity index (χ4n) is 2.86. The second-order valence-corrected chi connectivity index (χ2v) is 7.57. The second kappa shape index (κ2) is 7.57. The summed E-state index contributed by atoms with van der Waals surface area (Å²) in [6.45, 7) is 2.39. The molecule has 124 valence electrons. The van der Waals surface area contributed by atoms with Crippen molar-refractivity contribution in [1.29, 1.82) is 5.26 Å². The monoisotopic (exact) mass is 335 g/mol. The number of hydrogen-bond acceptors (Lipinski definition) is 4. The number of hydrogen-bond donors (Lipinski definition) is 1. The highest BCUT2D eigenvalue weighted by atomic mass is 32.2. The average Bonchev–Trinajstić information content (AvgIpc) is 2.55. The molecule has 0 bridgehead atoms. The van der Waals surface area contributed by atoms with Crippen LogP contribution in [0.15, 0.2) is 29.2 Å². The molecular weight excluding hydrogens is 314 g/mol. The second-order valence-electron chi connectivity index (χ2n) is 5.68. The third-order valence-electron chi connectivity index (χ3n) is 3.99. The molecule has 1 N–H and O–H groups in total. The molecule has 0 radical (unpaired) electrons. The van der Waals surface area contributed by atoms with Crippen LogP contribution in [-0.4, -0.2) is 37.8 Å². The Labute approximate surface area is 137 Å². The summed E-state index contributed by atoms with van der Waals surface area (Å²) in [7, 11) is -3.62. The number of piperidine rings is 1. The van der Waals surface area contributed by atoms with E-state index < -0.39 is 10.0 Å². The molecule has 23 heavy (non-hydrogen) atoms. The number of nitriles is 1. The summed E-state index contributed by atoms with van der Waals surface area (Å²) in [4.78, 5) is 11.1. The van der Waals surface area contributed by atoms with Gasteiger partial charge in [0.05, 0.1) is 16.5 Å². The predicted molar refractivity (Wildman–Crippen MR) is 86.0 cm³/mol. The highest BCUT2D eigenvalue weighted by Gasteiger charge is 2.33. The average molecular weight is 335 g/mol. The van der Waals surface area contributed by atoms with Crippen LogP contribution in [0.1, 0.15) is 38.2 Å². The van der Waals surface area contributed by atoms with E-state index in [2.05, 4.69) is 5.32 Å². The van der Waals surface area contributed by atoms with Gasteiger partial charge in [-0.2, -0.15) is 9.57 Å². The van der Waals surface area contributed by atoms with Gasteiger partial charge in [0.25, 0.3) is 0 Å². The molecule has 1 atom stereocenters. The minimum absolute atomic E-state index is 0.114. The lowest BCUT2D eigenvalue weighted by Gasteiger charge is -2.34. The van der Waals surface area contributed by atoms with Crippen LogP contribution in [0.3, 0.4) is 0 Å². The molecule has 1 aliphatic rings. The number of amides is 1. The Bertz CT molecular complexity index is 710. The Morgan fingerprint density at radius 3 is 2.91 bits per heavy atom. The Balaban J connectivity index is 2.20. The van der Waals surface area contributed by atoms with Crippen LogP contribution >= 0.6 is 0 Å². The zero-order valence-electron chi connectivity index (χ0n) is 13.2. The number of nitrogens with one attached hydrogen (secondary N) is 1. The van der Waals surface area contributed by atoms with Gasteiger partial charge in [-0.25, -0.2) is 8.42 Å². The van der Waals surface area contributed by atoms with Gasteiger partial charge in [-0.15, -0.1) is 0 Å². The van der Waals surface area contributed by atoms with Crippen LogP contribution < -0.4 is 5.32 Å². The van der Waals surface area contributed by atoms with Crippen molar-refractivity contribution in [2.75, 3.05) is 13.1 Å². The van der Waals surface area contributed by atoms with Crippen molar-refractivity contribution in [1.82, 2.24) is 9.62 Å². The largest absolute Gasteiger partial charge is 0.356 e. The van der Waals surface area contributed by atoms with Gasteiger partial charge in [0.2, 0.25) is 15.9 Å². The van der Waals surface area contributed by atoms with E-state index in [4.69, 9.17) is 5.26 Å². The number of carbonyl (C=O) groups excluding carboxylic acids is 1. The van der Waals surface area contributed by atoms with Crippen molar-refractivity contribution in [3.05, 3.63) is 29.8 Å². The van der Waals surface area contributed by atoms with Gasteiger partial charge in [-0.05, 0) is 37.5 Å². The van der Waals surface area contributed by atoms with Crippen LogP contribution in [0.5, 0.6) is 0 Å². The van der Waals surface area contributed by atoms with Gasteiger partial charge in [0.15, 0.2) is 0 Å². The first-order valence-corrected chi connectivity index (χ1v) is 9.15. The van der Waals surface area contributed by atoms with Gasteiger partial charge < -0.3 is 5.32 Å². The first-order valence-electron chi connectivity index (χ1n) is 7.71. The quantitative estimate of drug-likeness (QED) is 0.885. The van der Waals surface area contributed by atoms with Crippen LogP contribution in [0, 0.1) is 11.3 Å². The topological polar surface area (TPSA) is 90.3 Å². The summed E-state index contributed by atoms with van der Waals surface area (Å²) in [5, 5.41) is 11.7. The van der Waals surface area contributed by atoms with Crippen molar-refractivity contribution in [3.63, 3.8) is 0 Å². The normalized spacial score (nSPS) is 19.0. The van der Waals surface area contributed by atoms with Crippen molar-refractivity contribution in [2.24, 2.45) is 0 Å². The first kappa shape index (κ1) is 17.4. The Morgan fingerprint density at radius 2 is 2.22 bits per heavy atom. The molecule has 1 fully saturated rings. The molecule has 0 aromatic heterocycles. The van der Waals surface area contributed by atoms with E-state index in [0.29, 0.717) is 25.1 Å². The molecule has 0 aliphatic carbocycles. The highest BCUT2D eigenvalue weighted by molar-refractivity contribution is 7.89. The van der Waals surface area contributed by atoms with E-state index >= 15 is 0 Å². The molecule has 0 saturated carbocycles. The van der Waals surface area contributed by atoms with Gasteiger partial charge in [-0.3, -0.25) is 4.79 Å². The molecule has 1 unspecified atom stereocenters. The van der Waals surface area contributed by atoms with E-state index in [1.54, 1.807) is 12.1 Å². The van der Waals surface area contributed by atoms with Gasteiger partial charge in [0.1, 0.15) is 0 Å². The predicted octanol–water partition coefficient (Wildman–Crippen LogP) is 1.63. The summed E-state index contributed by atoms with van der Waals surface area (Å²) in [6.07, 6.45) is 3.19.